The molecule has 5 heteroatoms. The minimum atomic E-state index is -0.240. The molecule has 2 heterocycles. The summed E-state index contributed by atoms with van der Waals surface area (Å²) < 4.78 is 18.2. The molecule has 1 saturated carbocycles. The normalized spacial score (nSPS) is 21.6. The molecule has 0 atom stereocenters. The van der Waals surface area contributed by atoms with E-state index < -0.39 is 0 Å². The molecular formula is C31H40N2O3. The molecule has 0 bridgehead atoms. The molecule has 5 rings (SSSR count). The Morgan fingerprint density at radius 2 is 1.28 bits per heavy atom. The number of nitrogens with zero attached hydrogens (tertiary/aromatic N) is 2. The molecule has 0 spiro atoms. The van der Waals surface area contributed by atoms with E-state index in [1.54, 1.807) is 0 Å². The zero-order chi connectivity index (χ0) is 25.2. The van der Waals surface area contributed by atoms with Crippen LogP contribution >= 0.6 is 0 Å². The van der Waals surface area contributed by atoms with E-state index in [1.807, 2.05) is 0 Å². The lowest BCUT2D eigenvalue weighted by atomic mass is 9.92. The van der Waals surface area contributed by atoms with Crippen LogP contribution in [0.2, 0.25) is 0 Å². The summed E-state index contributed by atoms with van der Waals surface area (Å²) in [5.41, 5.74) is 3.63. The first-order valence-electron chi connectivity index (χ1n) is 13.6. The SMILES string of the molecule is CC1(C)COC(c2ccc(-c3ccc(OCC4CCCCCCC4)cc3)cc2C2=NC(C)(C)CO2)=N1. The monoisotopic (exact) mass is 488 g/mol. The zero-order valence-corrected chi connectivity index (χ0v) is 22.3. The maximum atomic E-state index is 6.20. The van der Waals surface area contributed by atoms with E-state index in [2.05, 4.69) is 70.2 Å². The van der Waals surface area contributed by atoms with Crippen LogP contribution in [0, 0.1) is 5.92 Å². The van der Waals surface area contributed by atoms with E-state index in [9.17, 15) is 0 Å². The molecule has 2 aromatic carbocycles. The van der Waals surface area contributed by atoms with E-state index >= 15 is 0 Å². The molecule has 0 aromatic heterocycles. The topological polar surface area (TPSA) is 52.4 Å². The van der Waals surface area contributed by atoms with E-state index in [-0.39, 0.29) is 11.1 Å². The molecule has 0 amide bonds. The van der Waals surface area contributed by atoms with Crippen molar-refractivity contribution in [2.24, 2.45) is 15.9 Å². The lowest BCUT2D eigenvalue weighted by Gasteiger charge is -2.20. The molecule has 1 fully saturated rings. The van der Waals surface area contributed by atoms with Crippen molar-refractivity contribution in [1.29, 1.82) is 0 Å². The van der Waals surface area contributed by atoms with Gasteiger partial charge in [0.25, 0.3) is 0 Å². The van der Waals surface area contributed by atoms with E-state index in [0.717, 1.165) is 34.6 Å². The molecule has 1 aliphatic carbocycles. The van der Waals surface area contributed by atoms with Crippen molar-refractivity contribution >= 4 is 11.8 Å². The highest BCUT2D eigenvalue weighted by molar-refractivity contribution is 6.09. The van der Waals surface area contributed by atoms with Crippen LogP contribution in [0.25, 0.3) is 11.1 Å². The first-order valence-corrected chi connectivity index (χ1v) is 13.6. The zero-order valence-electron chi connectivity index (χ0n) is 22.3. The third-order valence-electron chi connectivity index (χ3n) is 7.31. The molecule has 0 N–H and O–H groups in total. The van der Waals surface area contributed by atoms with Gasteiger partial charge in [0.1, 0.15) is 19.0 Å². The van der Waals surface area contributed by atoms with Crippen LogP contribution in [0.15, 0.2) is 52.4 Å². The molecule has 0 saturated heterocycles. The molecule has 3 aliphatic rings. The fourth-order valence-corrected chi connectivity index (χ4v) is 5.20. The lowest BCUT2D eigenvalue weighted by molar-refractivity contribution is 0.218. The number of hydrogen-bond donors (Lipinski definition) is 0. The maximum Gasteiger partial charge on any atom is 0.217 e. The standard InChI is InChI=1S/C31H40N2O3/c1-30(2)20-35-28(32-30)26-17-14-24(18-27(26)29-33-31(3,4)21-36-29)23-12-15-25(16-13-23)34-19-22-10-8-6-5-7-9-11-22/h12-18,22H,5-11,19-21H2,1-4H3. The van der Waals surface area contributed by atoms with Gasteiger partial charge in [-0.25, -0.2) is 9.98 Å². The number of ether oxygens (including phenoxy) is 3. The van der Waals surface area contributed by atoms with Gasteiger partial charge in [-0.2, -0.15) is 0 Å². The average Bonchev–Trinajstić information content (AvgIpc) is 3.39. The van der Waals surface area contributed by atoms with Crippen LogP contribution in [0.5, 0.6) is 5.75 Å². The average molecular weight is 489 g/mol. The van der Waals surface area contributed by atoms with Crippen LogP contribution in [-0.4, -0.2) is 42.7 Å². The largest absolute Gasteiger partial charge is 0.493 e. The van der Waals surface area contributed by atoms with Gasteiger partial charge < -0.3 is 14.2 Å². The van der Waals surface area contributed by atoms with Gasteiger partial charge in [-0.3, -0.25) is 0 Å². The summed E-state index contributed by atoms with van der Waals surface area (Å²) in [6.45, 7) is 10.3. The predicted molar refractivity (Wildman–Crippen MR) is 146 cm³/mol. The number of hydrogen-bond acceptors (Lipinski definition) is 5. The fraction of sp³-hybridized carbons (Fsp3) is 0.548. The van der Waals surface area contributed by atoms with Crippen molar-refractivity contribution in [3.05, 3.63) is 53.6 Å². The van der Waals surface area contributed by atoms with Crippen molar-refractivity contribution in [3.63, 3.8) is 0 Å². The highest BCUT2D eigenvalue weighted by Crippen LogP contribution is 2.31. The number of aliphatic imine (C=N–C) groups is 2. The van der Waals surface area contributed by atoms with Gasteiger partial charge in [-0.1, -0.05) is 50.3 Å². The van der Waals surface area contributed by atoms with Gasteiger partial charge in [0.05, 0.1) is 17.7 Å². The minimum absolute atomic E-state index is 0.227. The number of rotatable bonds is 6. The summed E-state index contributed by atoms with van der Waals surface area (Å²) >= 11 is 0. The summed E-state index contributed by atoms with van der Waals surface area (Å²) in [5.74, 6) is 2.95. The third-order valence-corrected chi connectivity index (χ3v) is 7.31. The Balaban J connectivity index is 1.36. The summed E-state index contributed by atoms with van der Waals surface area (Å²) in [6, 6.07) is 14.8. The van der Waals surface area contributed by atoms with E-state index in [1.165, 1.54) is 44.9 Å². The van der Waals surface area contributed by atoms with Crippen LogP contribution in [-0.2, 0) is 9.47 Å². The third kappa shape index (κ3) is 5.93. The first kappa shape index (κ1) is 24.9. The fourth-order valence-electron chi connectivity index (χ4n) is 5.20. The van der Waals surface area contributed by atoms with Gasteiger partial charge >= 0.3 is 0 Å². The summed E-state index contributed by atoms with van der Waals surface area (Å²) in [7, 11) is 0. The second-order valence-electron chi connectivity index (χ2n) is 11.8. The highest BCUT2D eigenvalue weighted by atomic mass is 16.5. The van der Waals surface area contributed by atoms with Crippen molar-refractivity contribution in [2.75, 3.05) is 19.8 Å². The lowest BCUT2D eigenvalue weighted by Crippen LogP contribution is -2.17. The molecular weight excluding hydrogens is 448 g/mol. The van der Waals surface area contributed by atoms with Crippen molar-refractivity contribution < 1.29 is 14.2 Å². The first-order chi connectivity index (χ1) is 17.3. The Labute approximate surface area is 216 Å². The highest BCUT2D eigenvalue weighted by Gasteiger charge is 2.32. The van der Waals surface area contributed by atoms with Gasteiger partial charge in [0, 0.05) is 11.1 Å². The van der Waals surface area contributed by atoms with Gasteiger partial charge in [-0.05, 0) is 81.8 Å². The summed E-state index contributed by atoms with van der Waals surface area (Å²) in [6.07, 6.45) is 9.41. The van der Waals surface area contributed by atoms with Crippen LogP contribution in [0.1, 0.15) is 83.8 Å². The van der Waals surface area contributed by atoms with Gasteiger partial charge in [0.2, 0.25) is 11.8 Å². The second kappa shape index (κ2) is 10.3. The van der Waals surface area contributed by atoms with Crippen LogP contribution < -0.4 is 4.74 Å². The molecule has 36 heavy (non-hydrogen) atoms. The molecule has 192 valence electrons. The second-order valence-corrected chi connectivity index (χ2v) is 11.8. The molecule has 0 radical (unpaired) electrons. The quantitative estimate of drug-likeness (QED) is 0.432. The van der Waals surface area contributed by atoms with E-state index in [0.29, 0.717) is 30.9 Å². The summed E-state index contributed by atoms with van der Waals surface area (Å²) in [4.78, 5) is 9.66. The maximum absolute atomic E-state index is 6.20. The Bertz CT molecular complexity index is 1120. The Kier molecular flexibility index (Phi) is 7.09. The van der Waals surface area contributed by atoms with Crippen molar-refractivity contribution in [3.8, 4) is 16.9 Å². The van der Waals surface area contributed by atoms with Crippen molar-refractivity contribution in [2.45, 2.75) is 83.7 Å². The molecule has 2 aliphatic heterocycles. The van der Waals surface area contributed by atoms with E-state index in [4.69, 9.17) is 24.2 Å². The Morgan fingerprint density at radius 3 is 1.86 bits per heavy atom. The van der Waals surface area contributed by atoms with Crippen LogP contribution in [0.4, 0.5) is 0 Å². The van der Waals surface area contributed by atoms with Crippen molar-refractivity contribution in [1.82, 2.24) is 0 Å². The Hall–Kier alpha value is -2.82. The Morgan fingerprint density at radius 1 is 0.722 bits per heavy atom. The molecule has 5 nitrogen and oxygen atoms in total. The minimum Gasteiger partial charge on any atom is -0.493 e. The van der Waals surface area contributed by atoms with Gasteiger partial charge in [-0.15, -0.1) is 0 Å². The number of benzene rings is 2. The van der Waals surface area contributed by atoms with Gasteiger partial charge in [0.15, 0.2) is 0 Å². The predicted octanol–water partition coefficient (Wildman–Crippen LogP) is 7.20. The summed E-state index contributed by atoms with van der Waals surface area (Å²) in [5, 5.41) is 0. The van der Waals surface area contributed by atoms with Crippen LogP contribution in [0.3, 0.4) is 0 Å². The molecule has 0 unspecified atom stereocenters. The molecule has 2 aromatic rings. The smallest absolute Gasteiger partial charge is 0.217 e.